The van der Waals surface area contributed by atoms with Crippen molar-refractivity contribution < 1.29 is 14.1 Å². The third kappa shape index (κ3) is 4.01. The van der Waals surface area contributed by atoms with E-state index in [1.165, 1.54) is 0 Å². The van der Waals surface area contributed by atoms with E-state index in [0.29, 0.717) is 30.8 Å². The maximum absolute atomic E-state index is 10.7. The van der Waals surface area contributed by atoms with E-state index in [9.17, 15) is 4.79 Å². The fourth-order valence-corrected chi connectivity index (χ4v) is 2.74. The molecule has 1 heterocycles. The van der Waals surface area contributed by atoms with Gasteiger partial charge in [-0.1, -0.05) is 12.1 Å². The van der Waals surface area contributed by atoms with E-state index in [1.54, 1.807) is 0 Å². The minimum atomic E-state index is -0.424. The number of nitrogens with two attached hydrogens (primary N) is 1. The summed E-state index contributed by atoms with van der Waals surface area (Å²) < 4.78 is 11.2. The Hall–Kier alpha value is -1.47. The lowest BCUT2D eigenvalue weighted by Crippen LogP contribution is -2.35. The number of hydrogen-bond donors (Lipinski definition) is 2. The van der Waals surface area contributed by atoms with Gasteiger partial charge < -0.3 is 15.0 Å². The summed E-state index contributed by atoms with van der Waals surface area (Å²) in [5.41, 5.74) is 4.64. The van der Waals surface area contributed by atoms with E-state index in [4.69, 9.17) is 15.0 Å². The van der Waals surface area contributed by atoms with Gasteiger partial charge in [0.05, 0.1) is 13.1 Å². The summed E-state index contributed by atoms with van der Waals surface area (Å²) in [4.78, 5) is 15.1. The van der Waals surface area contributed by atoms with Crippen molar-refractivity contribution in [2.24, 2.45) is 11.7 Å². The van der Waals surface area contributed by atoms with Gasteiger partial charge in [-0.2, -0.15) is 4.98 Å². The summed E-state index contributed by atoms with van der Waals surface area (Å²) >= 11 is 0. The smallest absolute Gasteiger partial charge is 0.240 e. The Morgan fingerprint density at radius 3 is 2.86 bits per heavy atom. The van der Waals surface area contributed by atoms with Crippen LogP contribution < -0.4 is 11.1 Å². The highest BCUT2D eigenvalue weighted by Crippen LogP contribution is 2.41. The quantitative estimate of drug-likeness (QED) is 0.780. The molecule has 118 valence electrons. The van der Waals surface area contributed by atoms with E-state index in [0.717, 1.165) is 25.7 Å². The number of hydrogen-bond acceptors (Lipinski definition) is 6. The van der Waals surface area contributed by atoms with Gasteiger partial charge in [0.25, 0.3) is 0 Å². The van der Waals surface area contributed by atoms with E-state index < -0.39 is 11.5 Å². The lowest BCUT2D eigenvalue weighted by molar-refractivity contribution is -0.117. The monoisotopic (exact) mass is 296 g/mol. The number of primary amides is 1. The number of aromatic nitrogens is 2. The Morgan fingerprint density at radius 1 is 1.52 bits per heavy atom. The number of amides is 1. The molecule has 1 aliphatic rings. The first-order valence-electron chi connectivity index (χ1n) is 7.52. The topological polar surface area (TPSA) is 103 Å². The second kappa shape index (κ2) is 7.00. The normalized spacial score (nSPS) is 25.9. The molecule has 3 N–H and O–H groups in total. The van der Waals surface area contributed by atoms with Crippen LogP contribution in [-0.4, -0.2) is 29.2 Å². The molecule has 1 aliphatic carbocycles. The van der Waals surface area contributed by atoms with Crippen LogP contribution in [0.1, 0.15) is 51.2 Å². The van der Waals surface area contributed by atoms with Crippen LogP contribution in [0.15, 0.2) is 4.52 Å². The molecule has 0 spiro atoms. The molecule has 21 heavy (non-hydrogen) atoms. The molecular weight excluding hydrogens is 272 g/mol. The van der Waals surface area contributed by atoms with Crippen LogP contribution in [0.4, 0.5) is 0 Å². The number of nitrogens with zero attached hydrogens (tertiary/aromatic N) is 2. The molecule has 0 unspecified atom stereocenters. The SMILES string of the molecule is CCOC1(c2noc(CNCC(N)=O)n2)CCC(C)CC1. The van der Waals surface area contributed by atoms with Crippen LogP contribution in [0.3, 0.4) is 0 Å². The summed E-state index contributed by atoms with van der Waals surface area (Å²) in [6.45, 7) is 5.28. The zero-order valence-electron chi connectivity index (χ0n) is 12.7. The molecule has 7 heteroatoms. The highest BCUT2D eigenvalue weighted by atomic mass is 16.5. The fourth-order valence-electron chi connectivity index (χ4n) is 2.74. The van der Waals surface area contributed by atoms with Gasteiger partial charge in [0.15, 0.2) is 0 Å². The number of rotatable bonds is 7. The third-order valence-corrected chi connectivity index (χ3v) is 3.95. The van der Waals surface area contributed by atoms with Gasteiger partial charge in [0.2, 0.25) is 17.6 Å². The van der Waals surface area contributed by atoms with Gasteiger partial charge in [0, 0.05) is 6.61 Å². The largest absolute Gasteiger partial charge is 0.369 e. The average Bonchev–Trinajstić information content (AvgIpc) is 2.91. The first kappa shape index (κ1) is 15.9. The zero-order valence-corrected chi connectivity index (χ0v) is 12.7. The van der Waals surface area contributed by atoms with E-state index in [-0.39, 0.29) is 6.54 Å². The van der Waals surface area contributed by atoms with Crippen molar-refractivity contribution in [1.82, 2.24) is 15.5 Å². The van der Waals surface area contributed by atoms with Gasteiger partial charge in [-0.15, -0.1) is 0 Å². The van der Waals surface area contributed by atoms with Crippen LogP contribution in [-0.2, 0) is 21.7 Å². The third-order valence-electron chi connectivity index (χ3n) is 3.95. The van der Waals surface area contributed by atoms with Crippen molar-refractivity contribution in [2.75, 3.05) is 13.2 Å². The summed E-state index contributed by atoms with van der Waals surface area (Å²) in [6.07, 6.45) is 4.03. The van der Waals surface area contributed by atoms with Gasteiger partial charge in [-0.3, -0.25) is 10.1 Å². The van der Waals surface area contributed by atoms with Crippen LogP contribution >= 0.6 is 0 Å². The molecular formula is C14H24N4O3. The highest BCUT2D eigenvalue weighted by Gasteiger charge is 2.40. The van der Waals surface area contributed by atoms with E-state index in [2.05, 4.69) is 22.4 Å². The van der Waals surface area contributed by atoms with Gasteiger partial charge in [0.1, 0.15) is 5.60 Å². The summed E-state index contributed by atoms with van der Waals surface area (Å²) in [6, 6.07) is 0. The molecule has 1 fully saturated rings. The number of ether oxygens (including phenoxy) is 1. The minimum absolute atomic E-state index is 0.0891. The Morgan fingerprint density at radius 2 is 2.24 bits per heavy atom. The van der Waals surface area contributed by atoms with Crippen LogP contribution in [0.25, 0.3) is 0 Å². The molecule has 0 aromatic carbocycles. The number of carbonyl (C=O) groups is 1. The summed E-state index contributed by atoms with van der Waals surface area (Å²) in [7, 11) is 0. The lowest BCUT2D eigenvalue weighted by atomic mass is 9.79. The molecule has 0 bridgehead atoms. The van der Waals surface area contributed by atoms with Crippen LogP contribution in [0.5, 0.6) is 0 Å². The zero-order chi connectivity index (χ0) is 15.3. The summed E-state index contributed by atoms with van der Waals surface area (Å²) in [5, 5.41) is 6.94. The fraction of sp³-hybridized carbons (Fsp3) is 0.786. The Bertz CT molecular complexity index is 467. The Balaban J connectivity index is 2.04. The predicted octanol–water partition coefficient (Wildman–Crippen LogP) is 1.09. The average molecular weight is 296 g/mol. The first-order chi connectivity index (χ1) is 10.1. The van der Waals surface area contributed by atoms with E-state index in [1.807, 2.05) is 6.92 Å². The molecule has 0 saturated heterocycles. The molecule has 1 aromatic heterocycles. The molecule has 2 rings (SSSR count). The minimum Gasteiger partial charge on any atom is -0.369 e. The van der Waals surface area contributed by atoms with Crippen molar-refractivity contribution >= 4 is 5.91 Å². The Labute approximate surface area is 124 Å². The molecule has 1 saturated carbocycles. The first-order valence-corrected chi connectivity index (χ1v) is 7.52. The lowest BCUT2D eigenvalue weighted by Gasteiger charge is -2.36. The molecule has 0 radical (unpaired) electrons. The number of carbonyl (C=O) groups excluding carboxylic acids is 1. The van der Waals surface area contributed by atoms with Crippen molar-refractivity contribution in [2.45, 2.75) is 51.7 Å². The highest BCUT2D eigenvalue weighted by molar-refractivity contribution is 5.75. The maximum Gasteiger partial charge on any atom is 0.240 e. The second-order valence-corrected chi connectivity index (χ2v) is 5.69. The van der Waals surface area contributed by atoms with Gasteiger partial charge in [-0.05, 0) is 38.5 Å². The molecule has 7 nitrogen and oxygen atoms in total. The van der Waals surface area contributed by atoms with E-state index >= 15 is 0 Å². The standard InChI is InChI=1S/C14H24N4O3/c1-3-20-14(6-4-10(2)5-7-14)13-17-12(21-18-13)9-16-8-11(15)19/h10,16H,3-9H2,1-2H3,(H2,15,19). The molecule has 1 aromatic rings. The summed E-state index contributed by atoms with van der Waals surface area (Å²) in [5.74, 6) is 1.36. The predicted molar refractivity (Wildman–Crippen MR) is 76.1 cm³/mol. The van der Waals surface area contributed by atoms with Crippen LogP contribution in [0, 0.1) is 5.92 Å². The second-order valence-electron chi connectivity index (χ2n) is 5.69. The molecule has 1 amide bonds. The molecule has 0 atom stereocenters. The Kier molecular flexibility index (Phi) is 5.30. The maximum atomic E-state index is 10.7. The van der Waals surface area contributed by atoms with Crippen molar-refractivity contribution in [3.05, 3.63) is 11.7 Å². The van der Waals surface area contributed by atoms with Crippen LogP contribution in [0.2, 0.25) is 0 Å². The molecule has 0 aliphatic heterocycles. The van der Waals surface area contributed by atoms with Crippen molar-refractivity contribution in [3.63, 3.8) is 0 Å². The van der Waals surface area contributed by atoms with Crippen molar-refractivity contribution in [3.8, 4) is 0 Å². The van der Waals surface area contributed by atoms with Gasteiger partial charge >= 0.3 is 0 Å². The van der Waals surface area contributed by atoms with Gasteiger partial charge in [-0.25, -0.2) is 0 Å². The number of nitrogens with one attached hydrogen (secondary N) is 1. The van der Waals surface area contributed by atoms with Crippen molar-refractivity contribution in [1.29, 1.82) is 0 Å².